The van der Waals surface area contributed by atoms with E-state index in [4.69, 9.17) is 4.74 Å². The summed E-state index contributed by atoms with van der Waals surface area (Å²) in [5, 5.41) is 0. The van der Waals surface area contributed by atoms with E-state index in [2.05, 4.69) is 15.9 Å². The van der Waals surface area contributed by atoms with E-state index >= 15 is 0 Å². The number of rotatable bonds is 3. The van der Waals surface area contributed by atoms with Gasteiger partial charge in [-0.05, 0) is 24.3 Å². The standard InChI is InChI=1S/C10H9BrO2/c1-13-10-7-9(11)5-4-8(10)3-2-6-12/h2-7H,1H3/b3-2+. The van der Waals surface area contributed by atoms with E-state index in [0.29, 0.717) is 0 Å². The molecule has 0 aliphatic heterocycles. The molecule has 0 unspecified atom stereocenters. The van der Waals surface area contributed by atoms with Crippen molar-refractivity contribution in [2.75, 3.05) is 7.11 Å². The van der Waals surface area contributed by atoms with Gasteiger partial charge >= 0.3 is 0 Å². The summed E-state index contributed by atoms with van der Waals surface area (Å²) in [4.78, 5) is 10.1. The summed E-state index contributed by atoms with van der Waals surface area (Å²) in [6.45, 7) is 0. The zero-order chi connectivity index (χ0) is 9.68. The third kappa shape index (κ3) is 2.70. The van der Waals surface area contributed by atoms with Crippen molar-refractivity contribution in [3.8, 4) is 5.75 Å². The summed E-state index contributed by atoms with van der Waals surface area (Å²) in [7, 11) is 1.60. The van der Waals surface area contributed by atoms with E-state index in [1.165, 1.54) is 6.08 Å². The molecular formula is C10H9BrO2. The minimum Gasteiger partial charge on any atom is -0.496 e. The molecule has 0 saturated carbocycles. The average molecular weight is 241 g/mol. The van der Waals surface area contributed by atoms with Gasteiger partial charge in [-0.2, -0.15) is 0 Å². The summed E-state index contributed by atoms with van der Waals surface area (Å²) in [6.07, 6.45) is 3.88. The van der Waals surface area contributed by atoms with Crippen LogP contribution in [0.3, 0.4) is 0 Å². The van der Waals surface area contributed by atoms with Crippen molar-refractivity contribution in [1.82, 2.24) is 0 Å². The van der Waals surface area contributed by atoms with Gasteiger partial charge in [-0.3, -0.25) is 4.79 Å². The first kappa shape index (κ1) is 9.99. The van der Waals surface area contributed by atoms with Crippen LogP contribution in [0.25, 0.3) is 6.08 Å². The molecule has 0 aliphatic carbocycles. The monoisotopic (exact) mass is 240 g/mol. The lowest BCUT2D eigenvalue weighted by Gasteiger charge is -2.04. The Labute approximate surface area is 85.3 Å². The van der Waals surface area contributed by atoms with Gasteiger partial charge in [-0.1, -0.05) is 22.0 Å². The van der Waals surface area contributed by atoms with E-state index < -0.39 is 0 Å². The Morgan fingerprint density at radius 2 is 2.23 bits per heavy atom. The van der Waals surface area contributed by atoms with Gasteiger partial charge in [0.05, 0.1) is 7.11 Å². The number of allylic oxidation sites excluding steroid dienone is 1. The number of halogens is 1. The van der Waals surface area contributed by atoms with Crippen molar-refractivity contribution in [2.24, 2.45) is 0 Å². The van der Waals surface area contributed by atoms with Crippen LogP contribution in [-0.4, -0.2) is 13.4 Å². The largest absolute Gasteiger partial charge is 0.496 e. The smallest absolute Gasteiger partial charge is 0.142 e. The first-order valence-electron chi connectivity index (χ1n) is 3.73. The number of ether oxygens (including phenoxy) is 1. The molecule has 0 saturated heterocycles. The summed E-state index contributed by atoms with van der Waals surface area (Å²) >= 11 is 3.33. The van der Waals surface area contributed by atoms with Crippen LogP contribution in [0.2, 0.25) is 0 Å². The summed E-state index contributed by atoms with van der Waals surface area (Å²) in [6, 6.07) is 5.63. The molecule has 1 aromatic carbocycles. The number of hydrogen-bond acceptors (Lipinski definition) is 2. The highest BCUT2D eigenvalue weighted by atomic mass is 79.9. The molecule has 3 heteroatoms. The Morgan fingerprint density at radius 3 is 2.85 bits per heavy atom. The van der Waals surface area contributed by atoms with Crippen LogP contribution in [0.4, 0.5) is 0 Å². The minimum atomic E-state index is 0.738. The van der Waals surface area contributed by atoms with Gasteiger partial charge in [0.25, 0.3) is 0 Å². The molecule has 1 rings (SSSR count). The maximum absolute atomic E-state index is 10.1. The van der Waals surface area contributed by atoms with Gasteiger partial charge in [-0.25, -0.2) is 0 Å². The Kier molecular flexibility index (Phi) is 3.71. The van der Waals surface area contributed by atoms with Crippen LogP contribution in [0, 0.1) is 0 Å². The third-order valence-corrected chi connectivity index (χ3v) is 2.04. The molecule has 68 valence electrons. The van der Waals surface area contributed by atoms with E-state index in [0.717, 1.165) is 22.1 Å². The van der Waals surface area contributed by atoms with Crippen molar-refractivity contribution in [2.45, 2.75) is 0 Å². The highest BCUT2D eigenvalue weighted by Crippen LogP contribution is 2.24. The van der Waals surface area contributed by atoms with Crippen molar-refractivity contribution < 1.29 is 9.53 Å². The fourth-order valence-electron chi connectivity index (χ4n) is 0.966. The van der Waals surface area contributed by atoms with Crippen LogP contribution in [0.5, 0.6) is 5.75 Å². The molecule has 0 heterocycles. The van der Waals surface area contributed by atoms with E-state index in [9.17, 15) is 4.79 Å². The number of methoxy groups -OCH3 is 1. The van der Waals surface area contributed by atoms with E-state index in [-0.39, 0.29) is 0 Å². The maximum atomic E-state index is 10.1. The van der Waals surface area contributed by atoms with Gasteiger partial charge in [0.2, 0.25) is 0 Å². The minimum absolute atomic E-state index is 0.738. The Balaban J connectivity index is 3.05. The van der Waals surface area contributed by atoms with Crippen molar-refractivity contribution in [3.63, 3.8) is 0 Å². The molecule has 0 aromatic heterocycles. The van der Waals surface area contributed by atoms with E-state index in [1.807, 2.05) is 18.2 Å². The van der Waals surface area contributed by atoms with Gasteiger partial charge in [0, 0.05) is 10.0 Å². The first-order chi connectivity index (χ1) is 6.27. The topological polar surface area (TPSA) is 26.3 Å². The van der Waals surface area contributed by atoms with Gasteiger partial charge in [0.1, 0.15) is 12.0 Å². The molecule has 0 N–H and O–H groups in total. The van der Waals surface area contributed by atoms with Gasteiger partial charge in [0.15, 0.2) is 0 Å². The Hall–Kier alpha value is -1.09. The molecule has 0 fully saturated rings. The summed E-state index contributed by atoms with van der Waals surface area (Å²) < 4.78 is 6.08. The quantitative estimate of drug-likeness (QED) is 0.600. The molecule has 0 atom stereocenters. The molecular weight excluding hydrogens is 232 g/mol. The number of carbonyl (C=O) groups excluding carboxylic acids is 1. The van der Waals surface area contributed by atoms with Gasteiger partial charge < -0.3 is 4.74 Å². The lowest BCUT2D eigenvalue weighted by Crippen LogP contribution is -1.86. The second-order valence-electron chi connectivity index (χ2n) is 2.38. The highest BCUT2D eigenvalue weighted by molar-refractivity contribution is 9.10. The second kappa shape index (κ2) is 4.82. The van der Waals surface area contributed by atoms with Crippen LogP contribution in [-0.2, 0) is 4.79 Å². The predicted octanol–water partition coefficient (Wildman–Crippen LogP) is 2.67. The summed E-state index contributed by atoms with van der Waals surface area (Å²) in [5.74, 6) is 0.743. The number of aldehydes is 1. The van der Waals surface area contributed by atoms with Crippen LogP contribution >= 0.6 is 15.9 Å². The predicted molar refractivity (Wildman–Crippen MR) is 55.8 cm³/mol. The van der Waals surface area contributed by atoms with Crippen LogP contribution in [0.15, 0.2) is 28.7 Å². The Bertz CT molecular complexity index is 332. The Morgan fingerprint density at radius 1 is 1.46 bits per heavy atom. The fraction of sp³-hybridized carbons (Fsp3) is 0.100. The molecule has 1 aromatic rings. The normalized spacial score (nSPS) is 10.3. The van der Waals surface area contributed by atoms with Crippen LogP contribution < -0.4 is 4.74 Å². The molecule has 2 nitrogen and oxygen atoms in total. The van der Waals surface area contributed by atoms with Crippen molar-refractivity contribution in [3.05, 3.63) is 34.3 Å². The molecule has 0 bridgehead atoms. The van der Waals surface area contributed by atoms with E-state index in [1.54, 1.807) is 13.2 Å². The SMILES string of the molecule is COc1cc(Br)ccc1/C=C/C=O. The number of benzene rings is 1. The van der Waals surface area contributed by atoms with Crippen molar-refractivity contribution >= 4 is 28.3 Å². The average Bonchev–Trinajstić information content (AvgIpc) is 2.16. The third-order valence-electron chi connectivity index (χ3n) is 1.55. The lowest BCUT2D eigenvalue weighted by atomic mass is 10.2. The van der Waals surface area contributed by atoms with Gasteiger partial charge in [-0.15, -0.1) is 0 Å². The summed E-state index contributed by atoms with van der Waals surface area (Å²) in [5.41, 5.74) is 0.887. The second-order valence-corrected chi connectivity index (χ2v) is 3.30. The first-order valence-corrected chi connectivity index (χ1v) is 4.52. The zero-order valence-corrected chi connectivity index (χ0v) is 8.74. The molecule has 0 radical (unpaired) electrons. The molecule has 0 amide bonds. The molecule has 13 heavy (non-hydrogen) atoms. The fourth-order valence-corrected chi connectivity index (χ4v) is 1.31. The molecule has 0 aliphatic rings. The highest BCUT2D eigenvalue weighted by Gasteiger charge is 1.98. The van der Waals surface area contributed by atoms with Crippen molar-refractivity contribution in [1.29, 1.82) is 0 Å². The maximum Gasteiger partial charge on any atom is 0.142 e. The van der Waals surface area contributed by atoms with Crippen LogP contribution in [0.1, 0.15) is 5.56 Å². The number of carbonyl (C=O) groups is 1. The zero-order valence-electron chi connectivity index (χ0n) is 7.16. The number of hydrogen-bond donors (Lipinski definition) is 0. The lowest BCUT2D eigenvalue weighted by molar-refractivity contribution is -0.104. The molecule has 0 spiro atoms.